The number of amides is 1. The van der Waals surface area contributed by atoms with Gasteiger partial charge in [-0.25, -0.2) is 9.97 Å². The first-order valence-corrected chi connectivity index (χ1v) is 12.9. The van der Waals surface area contributed by atoms with E-state index in [1.165, 1.54) is 24.7 Å². The lowest BCUT2D eigenvalue weighted by molar-refractivity contribution is -0.133. The van der Waals surface area contributed by atoms with Gasteiger partial charge in [0.25, 0.3) is 0 Å². The maximum absolute atomic E-state index is 13.4. The van der Waals surface area contributed by atoms with Crippen molar-refractivity contribution in [2.24, 2.45) is 0 Å². The highest BCUT2D eigenvalue weighted by molar-refractivity contribution is 5.79. The number of hydrogen-bond acceptors (Lipinski definition) is 6. The Balaban J connectivity index is 1.35. The zero-order valence-electron chi connectivity index (χ0n) is 20.9. The van der Waals surface area contributed by atoms with Gasteiger partial charge in [-0.3, -0.25) is 4.79 Å². The van der Waals surface area contributed by atoms with Crippen molar-refractivity contribution in [2.75, 3.05) is 31.6 Å². The van der Waals surface area contributed by atoms with Gasteiger partial charge in [0.1, 0.15) is 6.33 Å². The van der Waals surface area contributed by atoms with Crippen LogP contribution in [0.4, 0.5) is 5.69 Å². The van der Waals surface area contributed by atoms with Crippen LogP contribution in [0.2, 0.25) is 0 Å². The van der Waals surface area contributed by atoms with Crippen LogP contribution in [0.25, 0.3) is 0 Å². The average Bonchev–Trinajstić information content (AvgIpc) is 3.43. The first kappa shape index (κ1) is 24.1. The molecule has 1 atom stereocenters. The third kappa shape index (κ3) is 5.78. The molecule has 2 aromatic carbocycles. The number of ether oxygens (including phenoxy) is 2. The van der Waals surface area contributed by atoms with E-state index in [4.69, 9.17) is 9.47 Å². The molecule has 1 aliphatic heterocycles. The Bertz CT molecular complexity index is 1140. The zero-order valence-corrected chi connectivity index (χ0v) is 20.9. The third-order valence-electron chi connectivity index (χ3n) is 7.20. The molecule has 0 spiro atoms. The van der Waals surface area contributed by atoms with E-state index in [0.717, 1.165) is 55.2 Å². The van der Waals surface area contributed by atoms with Crippen LogP contribution in [0.15, 0.2) is 67.1 Å². The van der Waals surface area contributed by atoms with Crippen molar-refractivity contribution >= 4 is 11.6 Å². The van der Waals surface area contributed by atoms with Crippen LogP contribution in [0.5, 0.6) is 11.5 Å². The van der Waals surface area contributed by atoms with Crippen LogP contribution >= 0.6 is 0 Å². The summed E-state index contributed by atoms with van der Waals surface area (Å²) in [6.45, 7) is 2.17. The molecule has 0 bridgehead atoms. The lowest BCUT2D eigenvalue weighted by atomic mass is 10.0. The van der Waals surface area contributed by atoms with Gasteiger partial charge < -0.3 is 19.3 Å². The van der Waals surface area contributed by atoms with E-state index in [9.17, 15) is 4.79 Å². The van der Waals surface area contributed by atoms with Crippen LogP contribution in [0.1, 0.15) is 36.9 Å². The van der Waals surface area contributed by atoms with E-state index in [0.29, 0.717) is 6.54 Å². The number of carbonyl (C=O) groups excluding carboxylic acids is 1. The van der Waals surface area contributed by atoms with Crippen molar-refractivity contribution in [1.29, 1.82) is 0 Å². The molecule has 7 heteroatoms. The molecule has 0 unspecified atom stereocenters. The van der Waals surface area contributed by atoms with E-state index in [2.05, 4.69) is 51.3 Å². The molecule has 5 rings (SSSR count). The van der Waals surface area contributed by atoms with Crippen molar-refractivity contribution in [3.8, 4) is 11.5 Å². The van der Waals surface area contributed by atoms with Gasteiger partial charge in [0.15, 0.2) is 11.5 Å². The fraction of sp³-hybridized carbons (Fsp3) is 0.414. The Morgan fingerprint density at radius 3 is 2.61 bits per heavy atom. The highest BCUT2D eigenvalue weighted by Gasteiger charge is 2.31. The van der Waals surface area contributed by atoms with E-state index in [1.807, 2.05) is 23.1 Å². The number of piperazine rings is 1. The Morgan fingerprint density at radius 1 is 1.03 bits per heavy atom. The molecule has 2 aliphatic rings. The Hall–Kier alpha value is -3.61. The predicted molar refractivity (Wildman–Crippen MR) is 139 cm³/mol. The summed E-state index contributed by atoms with van der Waals surface area (Å²) < 4.78 is 11.9. The molecule has 1 saturated heterocycles. The molecule has 2 fully saturated rings. The first-order valence-electron chi connectivity index (χ1n) is 12.9. The number of rotatable bonds is 8. The number of anilines is 1. The Kier molecular flexibility index (Phi) is 7.64. The molecule has 1 saturated carbocycles. The largest absolute Gasteiger partial charge is 0.493 e. The summed E-state index contributed by atoms with van der Waals surface area (Å²) in [6.07, 6.45) is 9.17. The van der Waals surface area contributed by atoms with Crippen LogP contribution in [0.3, 0.4) is 0 Å². The molecule has 2 heterocycles. The molecule has 188 valence electrons. The van der Waals surface area contributed by atoms with Crippen molar-refractivity contribution in [3.05, 3.63) is 78.4 Å². The average molecular weight is 487 g/mol. The monoisotopic (exact) mass is 486 g/mol. The molecule has 1 amide bonds. The van der Waals surface area contributed by atoms with Crippen molar-refractivity contribution < 1.29 is 14.3 Å². The predicted octanol–water partition coefficient (Wildman–Crippen LogP) is 4.31. The summed E-state index contributed by atoms with van der Waals surface area (Å²) in [5.74, 6) is 1.68. The van der Waals surface area contributed by atoms with Crippen LogP contribution < -0.4 is 14.4 Å². The minimum Gasteiger partial charge on any atom is -0.493 e. The van der Waals surface area contributed by atoms with Gasteiger partial charge in [0, 0.05) is 37.6 Å². The van der Waals surface area contributed by atoms with Gasteiger partial charge in [-0.05, 0) is 55.9 Å². The van der Waals surface area contributed by atoms with Crippen LogP contribution in [0, 0.1) is 0 Å². The first-order chi connectivity index (χ1) is 17.7. The number of nitrogens with zero attached hydrogens (tertiary/aromatic N) is 4. The summed E-state index contributed by atoms with van der Waals surface area (Å²) in [6, 6.07) is 18.5. The zero-order chi connectivity index (χ0) is 24.7. The van der Waals surface area contributed by atoms with Gasteiger partial charge in [0.05, 0.1) is 31.4 Å². The molecule has 36 heavy (non-hydrogen) atoms. The standard InChI is InChI=1S/C29H34N4O3/c1-35-27-12-11-24(19-28(27)36-26-9-5-6-10-26)32-15-16-33(29(34)18-23-13-14-30-21-31-23)25(20-32)17-22-7-3-2-4-8-22/h2-4,7-8,11-14,19,21,25-26H,5-6,9-10,15-18,20H2,1H3/t25-/m0/s1. The second kappa shape index (κ2) is 11.4. The minimum absolute atomic E-state index is 0.0526. The van der Waals surface area contributed by atoms with Crippen LogP contribution in [-0.2, 0) is 17.6 Å². The van der Waals surface area contributed by atoms with Gasteiger partial charge >= 0.3 is 0 Å². The third-order valence-corrected chi connectivity index (χ3v) is 7.20. The highest BCUT2D eigenvalue weighted by atomic mass is 16.5. The summed E-state index contributed by atoms with van der Waals surface area (Å²) in [4.78, 5) is 26.0. The number of hydrogen-bond donors (Lipinski definition) is 0. The van der Waals surface area contributed by atoms with Gasteiger partial charge in [-0.1, -0.05) is 30.3 Å². The summed E-state index contributed by atoms with van der Waals surface area (Å²) in [5, 5.41) is 0. The fourth-order valence-electron chi connectivity index (χ4n) is 5.30. The van der Waals surface area contributed by atoms with E-state index in [-0.39, 0.29) is 24.5 Å². The van der Waals surface area contributed by atoms with E-state index < -0.39 is 0 Å². The molecule has 1 aromatic heterocycles. The SMILES string of the molecule is COc1ccc(N2CCN(C(=O)Cc3ccncn3)[C@@H](Cc3ccccc3)C2)cc1OC1CCCC1. The van der Waals surface area contributed by atoms with Crippen LogP contribution in [-0.4, -0.2) is 59.7 Å². The lowest BCUT2D eigenvalue weighted by Gasteiger charge is -2.43. The quantitative estimate of drug-likeness (QED) is 0.473. The van der Waals surface area contributed by atoms with Gasteiger partial charge in [0.2, 0.25) is 5.91 Å². The smallest absolute Gasteiger partial charge is 0.228 e. The maximum atomic E-state index is 13.4. The molecule has 0 N–H and O–H groups in total. The molecule has 3 aromatic rings. The summed E-state index contributed by atoms with van der Waals surface area (Å²) >= 11 is 0. The number of carbonyl (C=O) groups is 1. The van der Waals surface area contributed by atoms with Crippen molar-refractivity contribution in [1.82, 2.24) is 14.9 Å². The number of aromatic nitrogens is 2. The maximum Gasteiger partial charge on any atom is 0.228 e. The van der Waals surface area contributed by atoms with Crippen molar-refractivity contribution in [2.45, 2.75) is 50.7 Å². The van der Waals surface area contributed by atoms with Crippen molar-refractivity contribution in [3.63, 3.8) is 0 Å². The molecule has 7 nitrogen and oxygen atoms in total. The number of benzene rings is 2. The summed E-state index contributed by atoms with van der Waals surface area (Å²) in [5.41, 5.74) is 3.08. The molecular weight excluding hydrogens is 452 g/mol. The Labute approximate surface area is 213 Å². The topological polar surface area (TPSA) is 67.8 Å². The number of methoxy groups -OCH3 is 1. The van der Waals surface area contributed by atoms with E-state index in [1.54, 1.807) is 13.3 Å². The molecule has 0 radical (unpaired) electrons. The fourth-order valence-corrected chi connectivity index (χ4v) is 5.30. The minimum atomic E-state index is 0.0526. The lowest BCUT2D eigenvalue weighted by Crippen LogP contribution is -2.56. The summed E-state index contributed by atoms with van der Waals surface area (Å²) in [7, 11) is 1.69. The Morgan fingerprint density at radius 2 is 1.86 bits per heavy atom. The molecular formula is C29H34N4O3. The highest BCUT2D eigenvalue weighted by Crippen LogP contribution is 2.36. The second-order valence-electron chi connectivity index (χ2n) is 9.61. The molecule has 1 aliphatic carbocycles. The van der Waals surface area contributed by atoms with Gasteiger partial charge in [-0.2, -0.15) is 0 Å². The van der Waals surface area contributed by atoms with E-state index >= 15 is 0 Å². The second-order valence-corrected chi connectivity index (χ2v) is 9.61. The normalized spacial score (nSPS) is 18.3. The van der Waals surface area contributed by atoms with Gasteiger partial charge in [-0.15, -0.1) is 0 Å².